The molecule has 1 rings (SSSR count). The van der Waals surface area contributed by atoms with E-state index < -0.39 is 0 Å². The van der Waals surface area contributed by atoms with Crippen LogP contribution in [0.2, 0.25) is 5.02 Å². The van der Waals surface area contributed by atoms with Crippen LogP contribution >= 0.6 is 11.6 Å². The molecule has 0 saturated heterocycles. The summed E-state index contributed by atoms with van der Waals surface area (Å²) in [6, 6.07) is 5.28. The molecule has 0 aliphatic heterocycles. The third-order valence-corrected chi connectivity index (χ3v) is 2.11. The first kappa shape index (κ1) is 12.4. The number of nitrogens with two attached hydrogens (primary N) is 1. The molecule has 5 heteroatoms. The van der Waals surface area contributed by atoms with Crippen molar-refractivity contribution in [2.45, 2.75) is 0 Å². The minimum atomic E-state index is 0.320. The van der Waals surface area contributed by atoms with Crippen molar-refractivity contribution in [3.05, 3.63) is 35.9 Å². The molecule has 0 aliphatic carbocycles. The topological polar surface area (TPSA) is 59.6 Å². The fourth-order valence-corrected chi connectivity index (χ4v) is 1.35. The average Bonchev–Trinajstić information content (AvgIpc) is 2.26. The maximum atomic E-state index is 5.96. The summed E-state index contributed by atoms with van der Waals surface area (Å²) < 4.78 is 5.04. The maximum absolute atomic E-state index is 5.96. The van der Waals surface area contributed by atoms with Gasteiger partial charge in [0.05, 0.1) is 18.7 Å². The van der Waals surface area contributed by atoms with Crippen LogP contribution in [-0.4, -0.2) is 19.6 Å². The van der Waals surface area contributed by atoms with Crippen molar-refractivity contribution in [3.63, 3.8) is 0 Å². The largest absolute Gasteiger partial charge is 0.495 e. The second-order valence-electron chi connectivity index (χ2n) is 2.99. The molecule has 0 atom stereocenters. The molecule has 4 nitrogen and oxygen atoms in total. The Kier molecular flexibility index (Phi) is 4.66. The van der Waals surface area contributed by atoms with Gasteiger partial charge in [0.15, 0.2) is 5.96 Å². The number of hydrogen-bond acceptors (Lipinski definition) is 2. The number of rotatable bonds is 4. The smallest absolute Gasteiger partial charge is 0.193 e. The summed E-state index contributed by atoms with van der Waals surface area (Å²) >= 11 is 5.96. The highest BCUT2D eigenvalue weighted by Crippen LogP contribution is 2.26. The van der Waals surface area contributed by atoms with Crippen LogP contribution in [0.3, 0.4) is 0 Å². The SMILES string of the molecule is C=CCN=C(N)Nc1ccc(OC)c(Cl)c1. The summed E-state index contributed by atoms with van der Waals surface area (Å²) in [4.78, 5) is 4.00. The van der Waals surface area contributed by atoms with E-state index in [9.17, 15) is 0 Å². The van der Waals surface area contributed by atoms with E-state index in [2.05, 4.69) is 16.9 Å². The summed E-state index contributed by atoms with van der Waals surface area (Å²) in [7, 11) is 1.56. The van der Waals surface area contributed by atoms with Gasteiger partial charge in [-0.1, -0.05) is 17.7 Å². The third-order valence-electron chi connectivity index (χ3n) is 1.81. The molecule has 0 bridgehead atoms. The van der Waals surface area contributed by atoms with E-state index in [1.54, 1.807) is 31.4 Å². The maximum Gasteiger partial charge on any atom is 0.193 e. The fourth-order valence-electron chi connectivity index (χ4n) is 1.09. The van der Waals surface area contributed by atoms with E-state index in [1.807, 2.05) is 0 Å². The van der Waals surface area contributed by atoms with Crippen molar-refractivity contribution in [3.8, 4) is 5.75 Å². The number of halogens is 1. The van der Waals surface area contributed by atoms with Gasteiger partial charge in [0.25, 0.3) is 0 Å². The third kappa shape index (κ3) is 3.47. The summed E-state index contributed by atoms with van der Waals surface area (Å²) in [6.07, 6.45) is 1.66. The number of benzene rings is 1. The zero-order valence-electron chi connectivity index (χ0n) is 9.03. The first-order chi connectivity index (χ1) is 7.67. The van der Waals surface area contributed by atoms with E-state index in [0.29, 0.717) is 23.3 Å². The Morgan fingerprint density at radius 3 is 3.00 bits per heavy atom. The number of guanidine groups is 1. The predicted octanol–water partition coefficient (Wildman–Crippen LogP) is 2.26. The second-order valence-corrected chi connectivity index (χ2v) is 3.40. The highest BCUT2D eigenvalue weighted by atomic mass is 35.5. The van der Waals surface area contributed by atoms with E-state index in [0.717, 1.165) is 5.69 Å². The van der Waals surface area contributed by atoms with Gasteiger partial charge in [0.2, 0.25) is 0 Å². The molecule has 0 amide bonds. The van der Waals surface area contributed by atoms with Crippen molar-refractivity contribution in [1.29, 1.82) is 0 Å². The summed E-state index contributed by atoms with van der Waals surface area (Å²) in [5.41, 5.74) is 6.39. The molecular formula is C11H14ClN3O. The Morgan fingerprint density at radius 2 is 2.44 bits per heavy atom. The number of methoxy groups -OCH3 is 1. The molecule has 16 heavy (non-hydrogen) atoms. The lowest BCUT2D eigenvalue weighted by molar-refractivity contribution is 0.415. The van der Waals surface area contributed by atoms with Gasteiger partial charge in [0, 0.05) is 5.69 Å². The van der Waals surface area contributed by atoms with Crippen molar-refractivity contribution >= 4 is 23.2 Å². The monoisotopic (exact) mass is 239 g/mol. The fraction of sp³-hybridized carbons (Fsp3) is 0.182. The average molecular weight is 240 g/mol. The van der Waals surface area contributed by atoms with E-state index in [1.165, 1.54) is 0 Å². The van der Waals surface area contributed by atoms with Crippen LogP contribution < -0.4 is 15.8 Å². The van der Waals surface area contributed by atoms with Crippen LogP contribution in [0.25, 0.3) is 0 Å². The van der Waals surface area contributed by atoms with Crippen LogP contribution in [-0.2, 0) is 0 Å². The van der Waals surface area contributed by atoms with E-state index >= 15 is 0 Å². The highest BCUT2D eigenvalue weighted by Gasteiger charge is 2.01. The Balaban J connectivity index is 2.75. The molecule has 0 aromatic heterocycles. The normalized spacial score (nSPS) is 11.0. The van der Waals surface area contributed by atoms with E-state index in [-0.39, 0.29) is 0 Å². The van der Waals surface area contributed by atoms with Crippen molar-refractivity contribution in [2.75, 3.05) is 19.0 Å². The van der Waals surface area contributed by atoms with Gasteiger partial charge in [-0.15, -0.1) is 6.58 Å². The summed E-state index contributed by atoms with van der Waals surface area (Å²) in [6.45, 7) is 4.02. The molecule has 1 aromatic carbocycles. The molecule has 0 fully saturated rings. The standard InChI is InChI=1S/C11H14ClN3O/c1-3-6-14-11(13)15-8-4-5-10(16-2)9(12)7-8/h3-5,7H,1,6H2,2H3,(H3,13,14,15). The Labute approximate surface area is 99.8 Å². The van der Waals surface area contributed by atoms with Gasteiger partial charge < -0.3 is 15.8 Å². The lowest BCUT2D eigenvalue weighted by Gasteiger charge is -2.07. The number of nitrogens with zero attached hydrogens (tertiary/aromatic N) is 1. The number of aliphatic imine (C=N–C) groups is 1. The minimum Gasteiger partial charge on any atom is -0.495 e. The molecular weight excluding hydrogens is 226 g/mol. The second kappa shape index (κ2) is 6.02. The van der Waals surface area contributed by atoms with Crippen LogP contribution in [0.15, 0.2) is 35.8 Å². The van der Waals surface area contributed by atoms with Crippen molar-refractivity contribution < 1.29 is 4.74 Å². The number of ether oxygens (including phenoxy) is 1. The van der Waals surface area contributed by atoms with Crippen LogP contribution in [0, 0.1) is 0 Å². The van der Waals surface area contributed by atoms with Crippen molar-refractivity contribution in [2.24, 2.45) is 10.7 Å². The van der Waals surface area contributed by atoms with Gasteiger partial charge in [-0.3, -0.25) is 0 Å². The Morgan fingerprint density at radius 1 is 1.69 bits per heavy atom. The first-order valence-electron chi connectivity index (χ1n) is 4.68. The molecule has 0 unspecified atom stereocenters. The van der Waals surface area contributed by atoms with E-state index in [4.69, 9.17) is 22.1 Å². The van der Waals surface area contributed by atoms with Crippen LogP contribution in [0.1, 0.15) is 0 Å². The molecule has 0 saturated carbocycles. The van der Waals surface area contributed by atoms with Crippen LogP contribution in [0.5, 0.6) is 5.75 Å². The molecule has 0 radical (unpaired) electrons. The molecule has 0 aliphatic rings. The van der Waals surface area contributed by atoms with Gasteiger partial charge >= 0.3 is 0 Å². The first-order valence-corrected chi connectivity index (χ1v) is 5.06. The number of nitrogens with one attached hydrogen (secondary N) is 1. The quantitative estimate of drug-likeness (QED) is 0.481. The molecule has 0 heterocycles. The Hall–Kier alpha value is -1.68. The highest BCUT2D eigenvalue weighted by molar-refractivity contribution is 6.32. The Bertz CT molecular complexity index is 404. The molecule has 86 valence electrons. The molecule has 1 aromatic rings. The zero-order valence-corrected chi connectivity index (χ0v) is 9.79. The van der Waals surface area contributed by atoms with Gasteiger partial charge in [-0.2, -0.15) is 0 Å². The number of anilines is 1. The molecule has 3 N–H and O–H groups in total. The van der Waals surface area contributed by atoms with Crippen molar-refractivity contribution in [1.82, 2.24) is 0 Å². The summed E-state index contributed by atoms with van der Waals surface area (Å²) in [5, 5.41) is 3.43. The van der Waals surface area contributed by atoms with Gasteiger partial charge in [0.1, 0.15) is 5.75 Å². The van der Waals surface area contributed by atoms with Crippen LogP contribution in [0.4, 0.5) is 5.69 Å². The lowest BCUT2D eigenvalue weighted by atomic mass is 10.3. The minimum absolute atomic E-state index is 0.320. The summed E-state index contributed by atoms with van der Waals surface area (Å²) in [5.74, 6) is 0.940. The zero-order chi connectivity index (χ0) is 12.0. The predicted molar refractivity (Wildman–Crippen MR) is 68.3 cm³/mol. The number of hydrogen-bond donors (Lipinski definition) is 2. The van der Waals surface area contributed by atoms with Gasteiger partial charge in [-0.05, 0) is 18.2 Å². The lowest BCUT2D eigenvalue weighted by Crippen LogP contribution is -2.22. The van der Waals surface area contributed by atoms with Gasteiger partial charge in [-0.25, -0.2) is 4.99 Å². The molecule has 0 spiro atoms.